The number of para-hydroxylation sites is 2. The fraction of sp³-hybridized carbons (Fsp3) is 0.158. The summed E-state index contributed by atoms with van der Waals surface area (Å²) in [6.07, 6.45) is -4.90. The van der Waals surface area contributed by atoms with E-state index in [1.54, 1.807) is 12.1 Å². The predicted octanol–water partition coefficient (Wildman–Crippen LogP) is 2.97. The standard InChI is InChI=1S/C19H13BrF3N3O6/c1-25-13(19(21,22)23)8-15(27)26(18(25)30)14-7-6-10(20)17(24-14)32-12-5-3-2-4-11(12)31-9-16(28)29/h2-8H,9H2,1H3,(H,28,29). The number of carbonyl (C=O) groups is 1. The summed E-state index contributed by atoms with van der Waals surface area (Å²) < 4.78 is 51.0. The fourth-order valence-electron chi connectivity index (χ4n) is 2.62. The minimum Gasteiger partial charge on any atom is -0.479 e. The normalized spacial score (nSPS) is 11.3. The number of halogens is 4. The third kappa shape index (κ3) is 4.82. The number of carboxylic acid groups (broad SMARTS) is 1. The molecule has 2 aromatic heterocycles. The number of hydrogen-bond acceptors (Lipinski definition) is 6. The van der Waals surface area contributed by atoms with Crippen LogP contribution in [0.1, 0.15) is 5.69 Å². The number of benzene rings is 1. The number of nitrogens with zero attached hydrogens (tertiary/aromatic N) is 3. The Morgan fingerprint density at radius 2 is 1.81 bits per heavy atom. The van der Waals surface area contributed by atoms with Gasteiger partial charge in [0.1, 0.15) is 11.5 Å². The average molecular weight is 516 g/mol. The molecule has 0 amide bonds. The average Bonchev–Trinajstić information content (AvgIpc) is 2.71. The second kappa shape index (κ2) is 8.86. The number of alkyl halides is 3. The van der Waals surface area contributed by atoms with Gasteiger partial charge in [-0.05, 0) is 40.2 Å². The number of rotatable bonds is 6. The molecule has 2 heterocycles. The second-order valence-electron chi connectivity index (χ2n) is 6.23. The van der Waals surface area contributed by atoms with E-state index in [1.165, 1.54) is 24.3 Å². The minimum atomic E-state index is -4.90. The number of carboxylic acids is 1. The second-order valence-corrected chi connectivity index (χ2v) is 7.08. The number of aromatic nitrogens is 3. The summed E-state index contributed by atoms with van der Waals surface area (Å²) in [6.45, 7) is -0.633. The highest BCUT2D eigenvalue weighted by Gasteiger charge is 2.35. The largest absolute Gasteiger partial charge is 0.479 e. The van der Waals surface area contributed by atoms with E-state index in [0.29, 0.717) is 15.2 Å². The van der Waals surface area contributed by atoms with Gasteiger partial charge in [0.25, 0.3) is 5.56 Å². The molecule has 0 aliphatic heterocycles. The number of pyridine rings is 1. The zero-order chi connectivity index (χ0) is 23.6. The molecule has 0 unspecified atom stereocenters. The van der Waals surface area contributed by atoms with Crippen LogP contribution in [-0.4, -0.2) is 31.8 Å². The van der Waals surface area contributed by atoms with Gasteiger partial charge in [0.05, 0.1) is 4.47 Å². The van der Waals surface area contributed by atoms with E-state index >= 15 is 0 Å². The van der Waals surface area contributed by atoms with Gasteiger partial charge in [-0.1, -0.05) is 12.1 Å². The first-order valence-corrected chi connectivity index (χ1v) is 9.47. The summed E-state index contributed by atoms with van der Waals surface area (Å²) in [5.74, 6) is -1.49. The van der Waals surface area contributed by atoms with Crippen LogP contribution in [0.25, 0.3) is 5.82 Å². The molecule has 0 saturated carbocycles. The van der Waals surface area contributed by atoms with Crippen LogP contribution in [-0.2, 0) is 18.0 Å². The minimum absolute atomic E-state index is 0.0757. The first kappa shape index (κ1) is 23.1. The molecule has 0 aliphatic carbocycles. The molecule has 0 aliphatic rings. The van der Waals surface area contributed by atoms with Crippen molar-refractivity contribution in [1.29, 1.82) is 0 Å². The lowest BCUT2D eigenvalue weighted by molar-refractivity contribution is -0.144. The van der Waals surface area contributed by atoms with Gasteiger partial charge in [0, 0.05) is 13.1 Å². The van der Waals surface area contributed by atoms with E-state index in [2.05, 4.69) is 20.9 Å². The van der Waals surface area contributed by atoms with Crippen molar-refractivity contribution >= 4 is 21.9 Å². The van der Waals surface area contributed by atoms with E-state index in [4.69, 9.17) is 14.6 Å². The summed E-state index contributed by atoms with van der Waals surface area (Å²) in [6, 6.07) is 8.97. The first-order chi connectivity index (χ1) is 15.0. The third-order valence-electron chi connectivity index (χ3n) is 4.05. The maximum absolute atomic E-state index is 13.1. The zero-order valence-corrected chi connectivity index (χ0v) is 17.7. The van der Waals surface area contributed by atoms with E-state index < -0.39 is 35.7 Å². The molecule has 1 aromatic carbocycles. The number of hydrogen-bond donors (Lipinski definition) is 1. The van der Waals surface area contributed by atoms with Crippen LogP contribution >= 0.6 is 15.9 Å². The molecule has 3 rings (SSSR count). The quantitative estimate of drug-likeness (QED) is 0.536. The van der Waals surface area contributed by atoms with Gasteiger partial charge < -0.3 is 14.6 Å². The summed E-state index contributed by atoms with van der Waals surface area (Å²) in [4.78, 5) is 39.6. The molecule has 0 saturated heterocycles. The smallest absolute Gasteiger partial charge is 0.431 e. The van der Waals surface area contributed by atoms with E-state index in [0.717, 1.165) is 7.05 Å². The Labute approximate surface area is 185 Å². The van der Waals surface area contributed by atoms with Gasteiger partial charge in [-0.2, -0.15) is 18.2 Å². The SMILES string of the molecule is Cn1c(C(F)(F)F)cc(=O)n(-c2ccc(Br)c(Oc3ccccc3OCC(=O)O)n2)c1=O. The molecule has 32 heavy (non-hydrogen) atoms. The fourth-order valence-corrected chi connectivity index (χ4v) is 2.92. The molecule has 1 N–H and O–H groups in total. The molecule has 0 spiro atoms. The van der Waals surface area contributed by atoms with Crippen molar-refractivity contribution in [3.63, 3.8) is 0 Å². The summed E-state index contributed by atoms with van der Waals surface area (Å²) in [5, 5.41) is 8.79. The Morgan fingerprint density at radius 1 is 1.16 bits per heavy atom. The Bertz CT molecular complexity index is 1300. The van der Waals surface area contributed by atoms with Gasteiger partial charge in [0.15, 0.2) is 18.1 Å². The molecule has 0 bridgehead atoms. The van der Waals surface area contributed by atoms with Crippen molar-refractivity contribution in [3.8, 4) is 23.2 Å². The van der Waals surface area contributed by atoms with Crippen LogP contribution in [0, 0.1) is 0 Å². The molecule has 0 atom stereocenters. The maximum Gasteiger partial charge on any atom is 0.431 e. The highest BCUT2D eigenvalue weighted by atomic mass is 79.9. The molecule has 0 fully saturated rings. The highest BCUT2D eigenvalue weighted by molar-refractivity contribution is 9.10. The molecule has 168 valence electrons. The number of ether oxygens (including phenoxy) is 2. The van der Waals surface area contributed by atoms with E-state index in [1.807, 2.05) is 0 Å². The Morgan fingerprint density at radius 3 is 2.44 bits per heavy atom. The molecule has 9 nitrogen and oxygen atoms in total. The van der Waals surface area contributed by atoms with Crippen LogP contribution in [0.15, 0.2) is 56.5 Å². The van der Waals surface area contributed by atoms with Crippen molar-refractivity contribution in [1.82, 2.24) is 14.1 Å². The van der Waals surface area contributed by atoms with Crippen molar-refractivity contribution < 1.29 is 32.5 Å². The van der Waals surface area contributed by atoms with Crippen LogP contribution in [0.3, 0.4) is 0 Å². The van der Waals surface area contributed by atoms with Crippen LogP contribution in [0.5, 0.6) is 17.4 Å². The topological polar surface area (TPSA) is 113 Å². The third-order valence-corrected chi connectivity index (χ3v) is 4.65. The van der Waals surface area contributed by atoms with Crippen LogP contribution in [0.4, 0.5) is 13.2 Å². The van der Waals surface area contributed by atoms with Crippen LogP contribution in [0.2, 0.25) is 0 Å². The van der Waals surface area contributed by atoms with Crippen molar-refractivity contribution in [2.24, 2.45) is 7.05 Å². The monoisotopic (exact) mass is 515 g/mol. The predicted molar refractivity (Wildman–Crippen MR) is 107 cm³/mol. The van der Waals surface area contributed by atoms with Crippen LogP contribution < -0.4 is 20.7 Å². The molecular formula is C19H13BrF3N3O6. The van der Waals surface area contributed by atoms with E-state index in [-0.39, 0.29) is 27.7 Å². The Balaban J connectivity index is 2.05. The summed E-state index contributed by atoms with van der Waals surface area (Å²) in [5.41, 5.74) is -3.89. The lowest BCUT2D eigenvalue weighted by Crippen LogP contribution is -2.41. The van der Waals surface area contributed by atoms with Crippen molar-refractivity contribution in [3.05, 3.63) is 73.5 Å². The van der Waals surface area contributed by atoms with Crippen molar-refractivity contribution in [2.75, 3.05) is 6.61 Å². The molecule has 13 heteroatoms. The molecule has 3 aromatic rings. The highest BCUT2D eigenvalue weighted by Crippen LogP contribution is 2.34. The van der Waals surface area contributed by atoms with E-state index in [9.17, 15) is 27.6 Å². The first-order valence-electron chi connectivity index (χ1n) is 8.67. The van der Waals surface area contributed by atoms with Gasteiger partial charge in [-0.3, -0.25) is 9.36 Å². The molecule has 0 radical (unpaired) electrons. The van der Waals surface area contributed by atoms with Gasteiger partial charge in [-0.15, -0.1) is 0 Å². The lowest BCUT2D eigenvalue weighted by Gasteiger charge is -2.15. The Hall–Kier alpha value is -3.61. The Kier molecular flexibility index (Phi) is 6.39. The zero-order valence-electron chi connectivity index (χ0n) is 16.1. The summed E-state index contributed by atoms with van der Waals surface area (Å²) in [7, 11) is 0.882. The van der Waals surface area contributed by atoms with Crippen molar-refractivity contribution in [2.45, 2.75) is 6.18 Å². The summed E-state index contributed by atoms with van der Waals surface area (Å²) >= 11 is 3.19. The number of aliphatic carboxylic acids is 1. The molecular weight excluding hydrogens is 503 g/mol. The van der Waals surface area contributed by atoms with Gasteiger partial charge in [0.2, 0.25) is 5.88 Å². The maximum atomic E-state index is 13.1. The van der Waals surface area contributed by atoms with Gasteiger partial charge in [-0.25, -0.2) is 14.2 Å². The lowest BCUT2D eigenvalue weighted by atomic mass is 10.3. The van der Waals surface area contributed by atoms with Gasteiger partial charge >= 0.3 is 17.8 Å².